The summed E-state index contributed by atoms with van der Waals surface area (Å²) < 4.78 is 5.46. The van der Waals surface area contributed by atoms with E-state index in [4.69, 9.17) is 4.52 Å². The maximum Gasteiger partial charge on any atom is 0.234 e. The third kappa shape index (κ3) is 2.13. The van der Waals surface area contributed by atoms with Gasteiger partial charge in [-0.25, -0.2) is 0 Å². The van der Waals surface area contributed by atoms with Crippen LogP contribution in [-0.2, 0) is 13.0 Å². The highest BCUT2D eigenvalue weighted by Crippen LogP contribution is 2.38. The minimum atomic E-state index is 0.301. The lowest BCUT2D eigenvalue weighted by Crippen LogP contribution is -2.43. The van der Waals surface area contributed by atoms with Gasteiger partial charge < -0.3 is 9.84 Å². The van der Waals surface area contributed by atoms with Gasteiger partial charge in [0.25, 0.3) is 0 Å². The summed E-state index contributed by atoms with van der Waals surface area (Å²) >= 11 is 0. The van der Waals surface area contributed by atoms with Crippen molar-refractivity contribution < 1.29 is 4.52 Å². The second-order valence-electron chi connectivity index (χ2n) is 5.53. The molecule has 1 aromatic carbocycles. The second-order valence-corrected chi connectivity index (χ2v) is 5.53. The molecule has 5 heteroatoms. The van der Waals surface area contributed by atoms with E-state index in [2.05, 4.69) is 44.6 Å². The Morgan fingerprint density at radius 3 is 2.95 bits per heavy atom. The van der Waals surface area contributed by atoms with Crippen molar-refractivity contribution in [1.29, 1.82) is 0 Å². The van der Waals surface area contributed by atoms with Crippen molar-refractivity contribution in [3.63, 3.8) is 0 Å². The lowest BCUT2D eigenvalue weighted by Gasteiger charge is -2.26. The molecule has 1 aliphatic carbocycles. The molecule has 1 aliphatic heterocycles. The number of nitrogens with one attached hydrogen (secondary N) is 1. The van der Waals surface area contributed by atoms with E-state index in [1.807, 2.05) is 0 Å². The molecule has 1 N–H and O–H groups in total. The average molecular weight is 270 g/mol. The summed E-state index contributed by atoms with van der Waals surface area (Å²) in [6, 6.07) is 8.48. The van der Waals surface area contributed by atoms with Crippen molar-refractivity contribution in [2.45, 2.75) is 18.9 Å². The molecule has 0 bridgehead atoms. The van der Waals surface area contributed by atoms with Crippen molar-refractivity contribution >= 4 is 0 Å². The monoisotopic (exact) mass is 270 g/mol. The van der Waals surface area contributed by atoms with Gasteiger partial charge in [-0.2, -0.15) is 4.98 Å². The Morgan fingerprint density at radius 2 is 2.10 bits per heavy atom. The molecule has 20 heavy (non-hydrogen) atoms. The lowest BCUT2D eigenvalue weighted by molar-refractivity contribution is 0.224. The van der Waals surface area contributed by atoms with Crippen LogP contribution >= 0.6 is 0 Å². The minimum absolute atomic E-state index is 0.301. The second kappa shape index (κ2) is 5.00. The Bertz CT molecular complexity index is 603. The van der Waals surface area contributed by atoms with E-state index in [0.29, 0.717) is 5.92 Å². The summed E-state index contributed by atoms with van der Waals surface area (Å²) in [6.07, 6.45) is 1.02. The topological polar surface area (TPSA) is 54.2 Å². The molecule has 1 atom stereocenters. The van der Waals surface area contributed by atoms with Crippen LogP contribution in [0.15, 0.2) is 28.8 Å². The SMILES string of the molecule is c1ccc2c(c1)CC2c1nc(CN2CCNCC2)no1. The first-order valence-electron chi connectivity index (χ1n) is 7.23. The molecule has 0 radical (unpaired) electrons. The van der Waals surface area contributed by atoms with Crippen molar-refractivity contribution in [2.24, 2.45) is 0 Å². The Morgan fingerprint density at radius 1 is 1.25 bits per heavy atom. The number of aromatic nitrogens is 2. The van der Waals surface area contributed by atoms with Crippen LogP contribution in [0.5, 0.6) is 0 Å². The van der Waals surface area contributed by atoms with Gasteiger partial charge in [0.15, 0.2) is 5.82 Å². The minimum Gasteiger partial charge on any atom is -0.339 e. The molecule has 1 unspecified atom stereocenters. The Hall–Kier alpha value is -1.72. The van der Waals surface area contributed by atoms with E-state index in [1.54, 1.807) is 0 Å². The zero-order chi connectivity index (χ0) is 13.4. The quantitative estimate of drug-likeness (QED) is 0.907. The first-order valence-corrected chi connectivity index (χ1v) is 7.23. The molecule has 5 nitrogen and oxygen atoms in total. The first kappa shape index (κ1) is 12.1. The van der Waals surface area contributed by atoms with Crippen LogP contribution in [0.25, 0.3) is 0 Å². The predicted octanol–water partition coefficient (Wildman–Crippen LogP) is 1.16. The van der Waals surface area contributed by atoms with Crippen molar-refractivity contribution in [2.75, 3.05) is 26.2 Å². The number of hydrogen-bond acceptors (Lipinski definition) is 5. The van der Waals surface area contributed by atoms with Gasteiger partial charge in [0.1, 0.15) is 0 Å². The summed E-state index contributed by atoms with van der Waals surface area (Å²) in [4.78, 5) is 6.95. The molecule has 104 valence electrons. The zero-order valence-corrected chi connectivity index (χ0v) is 11.4. The normalized spacial score (nSPS) is 22.3. The highest BCUT2D eigenvalue weighted by molar-refractivity contribution is 5.43. The van der Waals surface area contributed by atoms with E-state index in [9.17, 15) is 0 Å². The van der Waals surface area contributed by atoms with E-state index in [-0.39, 0.29) is 0 Å². The van der Waals surface area contributed by atoms with E-state index < -0.39 is 0 Å². The molecule has 1 aromatic heterocycles. The molecular weight excluding hydrogens is 252 g/mol. The van der Waals surface area contributed by atoms with Gasteiger partial charge in [0, 0.05) is 26.2 Å². The molecule has 0 saturated carbocycles. The fraction of sp³-hybridized carbons (Fsp3) is 0.467. The summed E-state index contributed by atoms with van der Waals surface area (Å²) in [5.74, 6) is 1.88. The van der Waals surface area contributed by atoms with Crippen molar-refractivity contribution in [3.8, 4) is 0 Å². The van der Waals surface area contributed by atoms with Crippen LogP contribution in [0.3, 0.4) is 0 Å². The third-order valence-electron chi connectivity index (χ3n) is 4.21. The van der Waals surface area contributed by atoms with Gasteiger partial charge >= 0.3 is 0 Å². The Kier molecular flexibility index (Phi) is 3.01. The molecule has 2 heterocycles. The van der Waals surface area contributed by atoms with Gasteiger partial charge in [-0.15, -0.1) is 0 Å². The van der Waals surface area contributed by atoms with Gasteiger partial charge in [0.2, 0.25) is 5.89 Å². The van der Waals surface area contributed by atoms with Gasteiger partial charge in [-0.1, -0.05) is 29.4 Å². The Labute approximate surface area is 118 Å². The Balaban J connectivity index is 1.46. The van der Waals surface area contributed by atoms with Crippen LogP contribution in [0, 0.1) is 0 Å². The van der Waals surface area contributed by atoms with Crippen LogP contribution < -0.4 is 5.32 Å². The largest absolute Gasteiger partial charge is 0.339 e. The molecule has 1 fully saturated rings. The van der Waals surface area contributed by atoms with Crippen LogP contribution in [-0.4, -0.2) is 41.2 Å². The van der Waals surface area contributed by atoms with E-state index in [0.717, 1.165) is 50.9 Å². The number of piperazine rings is 1. The zero-order valence-electron chi connectivity index (χ0n) is 11.4. The molecular formula is C15H18N4O. The van der Waals surface area contributed by atoms with Crippen molar-refractivity contribution in [3.05, 3.63) is 47.1 Å². The highest BCUT2D eigenvalue weighted by Gasteiger charge is 2.31. The van der Waals surface area contributed by atoms with E-state index >= 15 is 0 Å². The smallest absolute Gasteiger partial charge is 0.234 e. The number of rotatable bonds is 3. The maximum atomic E-state index is 5.46. The van der Waals surface area contributed by atoms with Gasteiger partial charge in [-0.05, 0) is 17.5 Å². The van der Waals surface area contributed by atoms with Crippen LogP contribution in [0.2, 0.25) is 0 Å². The summed E-state index contributed by atoms with van der Waals surface area (Å²) in [6.45, 7) is 4.98. The van der Waals surface area contributed by atoms with E-state index in [1.165, 1.54) is 11.1 Å². The van der Waals surface area contributed by atoms with Gasteiger partial charge in [0.05, 0.1) is 12.5 Å². The first-order chi connectivity index (χ1) is 9.90. The predicted molar refractivity (Wildman–Crippen MR) is 74.4 cm³/mol. The molecule has 1 saturated heterocycles. The summed E-state index contributed by atoms with van der Waals surface area (Å²) in [5, 5.41) is 7.49. The average Bonchev–Trinajstić information content (AvgIpc) is 2.89. The summed E-state index contributed by atoms with van der Waals surface area (Å²) in [5.41, 5.74) is 2.74. The maximum absolute atomic E-state index is 5.46. The molecule has 0 amide bonds. The van der Waals surface area contributed by atoms with Crippen molar-refractivity contribution in [1.82, 2.24) is 20.4 Å². The third-order valence-corrected chi connectivity index (χ3v) is 4.21. The van der Waals surface area contributed by atoms with Gasteiger partial charge in [-0.3, -0.25) is 4.90 Å². The molecule has 2 aliphatic rings. The molecule has 2 aromatic rings. The number of hydrogen-bond donors (Lipinski definition) is 1. The van der Waals surface area contributed by atoms with Crippen LogP contribution in [0.4, 0.5) is 0 Å². The molecule has 4 rings (SSSR count). The lowest BCUT2D eigenvalue weighted by atomic mass is 9.77. The standard InChI is InChI=1S/C15H18N4O/c1-2-4-12-11(3-1)9-13(12)15-17-14(18-20-15)10-19-7-5-16-6-8-19/h1-4,13,16H,5-10H2. The highest BCUT2D eigenvalue weighted by atomic mass is 16.5. The number of benzene rings is 1. The fourth-order valence-electron chi connectivity index (χ4n) is 3.02. The molecule has 0 spiro atoms. The summed E-state index contributed by atoms with van der Waals surface area (Å²) in [7, 11) is 0. The number of fused-ring (bicyclic) bond motifs is 1. The fourth-order valence-corrected chi connectivity index (χ4v) is 3.02. The number of nitrogens with zero attached hydrogens (tertiary/aromatic N) is 3. The van der Waals surface area contributed by atoms with Crippen LogP contribution in [0.1, 0.15) is 28.8 Å².